The molecule has 0 saturated carbocycles. The molecule has 2 aromatic carbocycles. The van der Waals surface area contributed by atoms with Crippen molar-refractivity contribution in [2.75, 3.05) is 0 Å². The average Bonchev–Trinajstić information content (AvgIpc) is 2.85. The van der Waals surface area contributed by atoms with Crippen molar-refractivity contribution in [2.45, 2.75) is 44.8 Å². The van der Waals surface area contributed by atoms with Crippen molar-refractivity contribution in [1.29, 1.82) is 0 Å². The van der Waals surface area contributed by atoms with Gasteiger partial charge in [0.15, 0.2) is 5.78 Å². The summed E-state index contributed by atoms with van der Waals surface area (Å²) >= 11 is 0. The van der Waals surface area contributed by atoms with E-state index in [1.165, 1.54) is 11.1 Å². The van der Waals surface area contributed by atoms with E-state index in [-0.39, 0.29) is 17.9 Å². The second kappa shape index (κ2) is 8.07. The Morgan fingerprint density at radius 2 is 1.71 bits per heavy atom. The lowest BCUT2D eigenvalue weighted by atomic mass is 9.99. The van der Waals surface area contributed by atoms with Gasteiger partial charge in [0.2, 0.25) is 0 Å². The molecule has 24 heavy (non-hydrogen) atoms. The summed E-state index contributed by atoms with van der Waals surface area (Å²) in [6.45, 7) is 3.12. The van der Waals surface area contributed by atoms with E-state index in [1.807, 2.05) is 12.1 Å². The van der Waals surface area contributed by atoms with E-state index in [2.05, 4.69) is 66.4 Å². The summed E-state index contributed by atoms with van der Waals surface area (Å²) in [6, 6.07) is 21.7. The molecule has 0 saturated heterocycles. The Morgan fingerprint density at radius 3 is 2.42 bits per heavy atom. The van der Waals surface area contributed by atoms with Gasteiger partial charge in [-0.15, -0.1) is 0 Å². The predicted octanol–water partition coefficient (Wildman–Crippen LogP) is 4.93. The van der Waals surface area contributed by atoms with Gasteiger partial charge in [0.1, 0.15) is 0 Å². The van der Waals surface area contributed by atoms with Crippen LogP contribution in [-0.2, 0) is 11.3 Å². The Labute approximate surface area is 144 Å². The summed E-state index contributed by atoms with van der Waals surface area (Å²) in [7, 11) is 0. The Hall–Kier alpha value is -2.19. The number of nitrogens with zero attached hydrogens (tertiary/aromatic N) is 1. The van der Waals surface area contributed by atoms with Gasteiger partial charge in [-0.2, -0.15) is 0 Å². The summed E-state index contributed by atoms with van der Waals surface area (Å²) < 4.78 is 0. The first-order chi connectivity index (χ1) is 11.7. The molecule has 1 aliphatic rings. The highest BCUT2D eigenvalue weighted by Gasteiger charge is 2.26. The number of carbonyl (C=O) groups is 1. The zero-order valence-electron chi connectivity index (χ0n) is 14.3. The van der Waals surface area contributed by atoms with Crippen molar-refractivity contribution < 1.29 is 4.79 Å². The molecule has 124 valence electrons. The van der Waals surface area contributed by atoms with Crippen molar-refractivity contribution in [3.05, 3.63) is 83.9 Å². The van der Waals surface area contributed by atoms with Gasteiger partial charge in [-0.05, 0) is 37.0 Å². The highest BCUT2D eigenvalue weighted by molar-refractivity contribution is 5.90. The topological polar surface area (TPSA) is 20.3 Å². The van der Waals surface area contributed by atoms with Crippen LogP contribution in [0, 0.1) is 0 Å². The molecular weight excluding hydrogens is 294 g/mol. The van der Waals surface area contributed by atoms with Crippen LogP contribution in [0.2, 0.25) is 0 Å². The molecule has 2 atom stereocenters. The predicted molar refractivity (Wildman–Crippen MR) is 98.6 cm³/mol. The van der Waals surface area contributed by atoms with Crippen LogP contribution in [-0.4, -0.2) is 16.7 Å². The van der Waals surface area contributed by atoms with Gasteiger partial charge >= 0.3 is 0 Å². The van der Waals surface area contributed by atoms with Crippen LogP contribution in [0.1, 0.15) is 43.4 Å². The van der Waals surface area contributed by atoms with Gasteiger partial charge < -0.3 is 0 Å². The van der Waals surface area contributed by atoms with Crippen molar-refractivity contribution in [2.24, 2.45) is 0 Å². The number of hydrogen-bond acceptors (Lipinski definition) is 2. The number of ketones is 1. The summed E-state index contributed by atoms with van der Waals surface area (Å²) in [5.74, 6) is 0.246. The van der Waals surface area contributed by atoms with Crippen molar-refractivity contribution in [3.8, 4) is 0 Å². The first-order valence-corrected chi connectivity index (χ1v) is 8.78. The second-order valence-corrected chi connectivity index (χ2v) is 6.55. The van der Waals surface area contributed by atoms with Crippen LogP contribution in [0.4, 0.5) is 0 Å². The number of hydrogen-bond donors (Lipinski definition) is 0. The molecule has 3 rings (SSSR count). The molecule has 0 N–H and O–H groups in total. The fraction of sp³-hybridized carbons (Fsp3) is 0.318. The van der Waals surface area contributed by atoms with Gasteiger partial charge in [-0.25, -0.2) is 0 Å². The van der Waals surface area contributed by atoms with E-state index in [0.717, 1.165) is 19.4 Å². The monoisotopic (exact) mass is 319 g/mol. The van der Waals surface area contributed by atoms with Gasteiger partial charge in [-0.1, -0.05) is 66.7 Å². The maximum absolute atomic E-state index is 12.1. The Morgan fingerprint density at radius 1 is 1.04 bits per heavy atom. The van der Waals surface area contributed by atoms with E-state index >= 15 is 0 Å². The smallest absolute Gasteiger partial charge is 0.156 e. The molecule has 0 unspecified atom stereocenters. The van der Waals surface area contributed by atoms with Crippen LogP contribution >= 0.6 is 0 Å². The van der Waals surface area contributed by atoms with Crippen LogP contribution in [0.25, 0.3) is 0 Å². The highest BCUT2D eigenvalue weighted by atomic mass is 16.1. The molecule has 0 radical (unpaired) electrons. The first kappa shape index (κ1) is 16.7. The van der Waals surface area contributed by atoms with Crippen molar-refractivity contribution in [1.82, 2.24) is 4.90 Å². The van der Waals surface area contributed by atoms with Gasteiger partial charge in [0.05, 0.1) is 0 Å². The normalized spacial score (nSPS) is 19.2. The van der Waals surface area contributed by atoms with Crippen LogP contribution < -0.4 is 0 Å². The minimum absolute atomic E-state index is 0.246. The van der Waals surface area contributed by atoms with E-state index in [0.29, 0.717) is 6.42 Å². The molecule has 0 aromatic heterocycles. The second-order valence-electron chi connectivity index (χ2n) is 6.55. The molecule has 2 heteroatoms. The number of rotatable bonds is 5. The van der Waals surface area contributed by atoms with Crippen molar-refractivity contribution in [3.63, 3.8) is 0 Å². The van der Waals surface area contributed by atoms with Gasteiger partial charge in [-0.3, -0.25) is 9.69 Å². The van der Waals surface area contributed by atoms with E-state index in [4.69, 9.17) is 0 Å². The fourth-order valence-electron chi connectivity index (χ4n) is 3.49. The van der Waals surface area contributed by atoms with Crippen LogP contribution in [0.3, 0.4) is 0 Å². The lowest BCUT2D eigenvalue weighted by molar-refractivity contribution is -0.116. The molecule has 2 aromatic rings. The average molecular weight is 319 g/mol. The third-order valence-electron chi connectivity index (χ3n) is 4.86. The van der Waals surface area contributed by atoms with E-state index in [1.54, 1.807) is 6.08 Å². The maximum atomic E-state index is 12.1. The largest absolute Gasteiger partial charge is 0.295 e. The molecular formula is C22H25NO. The highest BCUT2D eigenvalue weighted by Crippen LogP contribution is 2.29. The Kier molecular flexibility index (Phi) is 5.60. The summed E-state index contributed by atoms with van der Waals surface area (Å²) in [4.78, 5) is 14.6. The molecule has 1 aliphatic carbocycles. The fourth-order valence-corrected chi connectivity index (χ4v) is 3.49. The zero-order chi connectivity index (χ0) is 16.8. The molecule has 0 heterocycles. The van der Waals surface area contributed by atoms with E-state index in [9.17, 15) is 4.79 Å². The molecule has 0 aliphatic heterocycles. The van der Waals surface area contributed by atoms with Gasteiger partial charge in [0.25, 0.3) is 0 Å². The number of allylic oxidation sites excluding steroid dienone is 2. The minimum Gasteiger partial charge on any atom is -0.295 e. The van der Waals surface area contributed by atoms with Crippen LogP contribution in [0.15, 0.2) is 72.8 Å². The zero-order valence-corrected chi connectivity index (χ0v) is 14.3. The molecule has 0 bridgehead atoms. The Balaban J connectivity index is 1.86. The number of benzene rings is 2. The molecule has 0 spiro atoms. The van der Waals surface area contributed by atoms with Gasteiger partial charge in [0, 0.05) is 25.0 Å². The third kappa shape index (κ3) is 4.21. The lowest BCUT2D eigenvalue weighted by Gasteiger charge is -2.36. The number of carbonyl (C=O) groups excluding carboxylic acids is 1. The Bertz CT molecular complexity index is 678. The van der Waals surface area contributed by atoms with E-state index < -0.39 is 0 Å². The van der Waals surface area contributed by atoms with Crippen molar-refractivity contribution >= 4 is 5.78 Å². The maximum Gasteiger partial charge on any atom is 0.156 e. The first-order valence-electron chi connectivity index (χ1n) is 8.78. The summed E-state index contributed by atoms with van der Waals surface area (Å²) in [5, 5.41) is 0. The lowest BCUT2D eigenvalue weighted by Crippen LogP contribution is -2.37. The third-order valence-corrected chi connectivity index (χ3v) is 4.86. The summed E-state index contributed by atoms with van der Waals surface area (Å²) in [5.41, 5.74) is 2.60. The summed E-state index contributed by atoms with van der Waals surface area (Å²) in [6.07, 6.45) is 6.40. The van der Waals surface area contributed by atoms with Crippen LogP contribution in [0.5, 0.6) is 0 Å². The minimum atomic E-state index is 0.246. The molecule has 0 amide bonds. The molecule has 2 nitrogen and oxygen atoms in total. The standard InChI is InChI=1S/C22H25NO/c1-18(20-12-6-3-7-13-20)23(17-19-10-4-2-5-11-19)21-14-8-9-15-22(24)16-21/h2-7,9-13,15,18,21H,8,14,16-17H2,1H3/t18-,21-/m0/s1. The SMILES string of the molecule is C[C@@H](c1ccccc1)N(Cc1ccccc1)[C@H]1CCC=CC(=O)C1. The molecule has 0 fully saturated rings. The quantitative estimate of drug-likeness (QED) is 0.779.